The van der Waals surface area contributed by atoms with E-state index in [1.807, 2.05) is 18.4 Å². The summed E-state index contributed by atoms with van der Waals surface area (Å²) >= 11 is 1.44. The van der Waals surface area contributed by atoms with E-state index in [9.17, 15) is 14.9 Å². The van der Waals surface area contributed by atoms with Crippen LogP contribution in [0, 0.1) is 10.1 Å². The van der Waals surface area contributed by atoms with Gasteiger partial charge in [-0.3, -0.25) is 19.9 Å². The molecule has 8 heteroatoms. The van der Waals surface area contributed by atoms with Gasteiger partial charge < -0.3 is 9.64 Å². The first-order chi connectivity index (χ1) is 12.6. The number of aromatic nitrogens is 1. The maximum Gasteiger partial charge on any atom is 0.282 e. The molecule has 0 aliphatic carbocycles. The fraction of sp³-hybridized carbons (Fsp3) is 0.333. The van der Waals surface area contributed by atoms with Gasteiger partial charge in [-0.25, -0.2) is 0 Å². The summed E-state index contributed by atoms with van der Waals surface area (Å²) in [5, 5.41) is 11.4. The number of carbonyl (C=O) groups is 1. The van der Waals surface area contributed by atoms with Crippen LogP contribution >= 0.6 is 11.8 Å². The second-order valence-electron chi connectivity index (χ2n) is 5.57. The predicted molar refractivity (Wildman–Crippen MR) is 100 cm³/mol. The van der Waals surface area contributed by atoms with Crippen LogP contribution in [0.5, 0.6) is 0 Å². The number of carbonyl (C=O) groups excluding carboxylic acids is 1. The number of methoxy groups -OCH3 is 1. The summed E-state index contributed by atoms with van der Waals surface area (Å²) < 4.78 is 5.07. The normalized spacial score (nSPS) is 10.5. The topological polar surface area (TPSA) is 85.6 Å². The maximum atomic E-state index is 13.1. The molecule has 1 aromatic carbocycles. The Kier molecular flexibility index (Phi) is 7.55. The molecule has 0 saturated carbocycles. The number of rotatable bonds is 9. The first-order valence-corrected chi connectivity index (χ1v) is 9.28. The van der Waals surface area contributed by atoms with Crippen LogP contribution in [0.2, 0.25) is 0 Å². The van der Waals surface area contributed by atoms with Gasteiger partial charge in [-0.1, -0.05) is 0 Å². The van der Waals surface area contributed by atoms with E-state index in [-0.39, 0.29) is 17.2 Å². The summed E-state index contributed by atoms with van der Waals surface area (Å²) in [5.41, 5.74) is 0.835. The summed E-state index contributed by atoms with van der Waals surface area (Å²) in [5.74, 6) is -0.361. The van der Waals surface area contributed by atoms with Crippen LogP contribution in [0.15, 0.2) is 47.6 Å². The van der Waals surface area contributed by atoms with Gasteiger partial charge in [0.25, 0.3) is 11.6 Å². The van der Waals surface area contributed by atoms with Crippen molar-refractivity contribution in [2.75, 3.05) is 26.5 Å². The van der Waals surface area contributed by atoms with Crippen LogP contribution in [0.25, 0.3) is 0 Å². The van der Waals surface area contributed by atoms with E-state index < -0.39 is 4.92 Å². The molecule has 0 bridgehead atoms. The molecule has 26 heavy (non-hydrogen) atoms. The molecule has 7 nitrogen and oxygen atoms in total. The van der Waals surface area contributed by atoms with Crippen molar-refractivity contribution >= 4 is 23.4 Å². The van der Waals surface area contributed by atoms with Crippen molar-refractivity contribution in [1.82, 2.24) is 9.88 Å². The van der Waals surface area contributed by atoms with Crippen LogP contribution in [0.4, 0.5) is 5.69 Å². The van der Waals surface area contributed by atoms with E-state index in [1.165, 1.54) is 17.8 Å². The maximum absolute atomic E-state index is 13.1. The highest BCUT2D eigenvalue weighted by Gasteiger charge is 2.25. The Hall–Kier alpha value is -2.45. The van der Waals surface area contributed by atoms with Crippen LogP contribution in [-0.2, 0) is 11.3 Å². The van der Waals surface area contributed by atoms with Crippen molar-refractivity contribution < 1.29 is 14.5 Å². The molecule has 0 saturated heterocycles. The number of nitrogens with zero attached hydrogens (tertiary/aromatic N) is 3. The summed E-state index contributed by atoms with van der Waals surface area (Å²) in [7, 11) is 1.60. The summed E-state index contributed by atoms with van der Waals surface area (Å²) in [6, 6.07) is 8.27. The Balaban J connectivity index is 2.33. The number of hydrogen-bond acceptors (Lipinski definition) is 6. The van der Waals surface area contributed by atoms with Crippen molar-refractivity contribution in [1.29, 1.82) is 0 Å². The summed E-state index contributed by atoms with van der Waals surface area (Å²) in [6.45, 7) is 1.30. The van der Waals surface area contributed by atoms with Crippen LogP contribution in [0.3, 0.4) is 0 Å². The quantitative estimate of drug-likeness (QED) is 0.289. The van der Waals surface area contributed by atoms with Crippen molar-refractivity contribution in [2.24, 2.45) is 0 Å². The molecule has 0 unspecified atom stereocenters. The van der Waals surface area contributed by atoms with Gasteiger partial charge in [0.05, 0.1) is 4.92 Å². The third kappa shape index (κ3) is 5.27. The molecule has 1 amide bonds. The van der Waals surface area contributed by atoms with Crippen molar-refractivity contribution in [3.63, 3.8) is 0 Å². The molecule has 0 fully saturated rings. The third-order valence-corrected chi connectivity index (χ3v) is 4.54. The Morgan fingerprint density at radius 3 is 2.65 bits per heavy atom. The van der Waals surface area contributed by atoms with Crippen molar-refractivity contribution in [2.45, 2.75) is 17.9 Å². The fourth-order valence-corrected chi connectivity index (χ4v) is 2.94. The molecule has 138 valence electrons. The molecule has 0 N–H and O–H groups in total. The SMILES string of the molecule is COCCCN(Cc1ccncc1)C(=O)c1cc(SC)ccc1[N+](=O)[O-]. The molecule has 0 radical (unpaired) electrons. The first-order valence-electron chi connectivity index (χ1n) is 8.06. The lowest BCUT2D eigenvalue weighted by Gasteiger charge is -2.23. The molecule has 0 aliphatic rings. The Bertz CT molecular complexity index is 755. The molecule has 0 aliphatic heterocycles. The second kappa shape index (κ2) is 9.88. The van der Waals surface area contributed by atoms with E-state index in [1.54, 1.807) is 36.5 Å². The highest BCUT2D eigenvalue weighted by atomic mass is 32.2. The Morgan fingerprint density at radius 1 is 1.31 bits per heavy atom. The van der Waals surface area contributed by atoms with Gasteiger partial charge in [0.15, 0.2) is 0 Å². The molecular weight excluding hydrogens is 354 g/mol. The predicted octanol–water partition coefficient (Wildman–Crippen LogP) is 3.39. The van der Waals surface area contributed by atoms with Gasteiger partial charge in [-0.15, -0.1) is 11.8 Å². The number of hydrogen-bond donors (Lipinski definition) is 0. The molecule has 2 aromatic rings. The van der Waals surface area contributed by atoms with Gasteiger partial charge in [0.2, 0.25) is 0 Å². The average molecular weight is 375 g/mol. The Morgan fingerprint density at radius 2 is 2.04 bits per heavy atom. The number of amides is 1. The summed E-state index contributed by atoms with van der Waals surface area (Å²) in [4.78, 5) is 30.3. The van der Waals surface area contributed by atoms with Crippen LogP contribution < -0.4 is 0 Å². The van der Waals surface area contributed by atoms with Crippen molar-refractivity contribution in [3.05, 3.63) is 64.0 Å². The van der Waals surface area contributed by atoms with E-state index in [0.29, 0.717) is 26.1 Å². The molecule has 0 spiro atoms. The minimum atomic E-state index is -0.517. The minimum Gasteiger partial charge on any atom is -0.385 e. The largest absolute Gasteiger partial charge is 0.385 e. The lowest BCUT2D eigenvalue weighted by atomic mass is 10.1. The number of nitro benzene ring substituents is 1. The van der Waals surface area contributed by atoms with Gasteiger partial charge in [-0.2, -0.15) is 0 Å². The highest BCUT2D eigenvalue weighted by molar-refractivity contribution is 7.98. The van der Waals surface area contributed by atoms with E-state index in [0.717, 1.165) is 10.5 Å². The monoisotopic (exact) mass is 375 g/mol. The average Bonchev–Trinajstić information content (AvgIpc) is 2.67. The number of ether oxygens (including phenoxy) is 1. The standard InChI is InChI=1S/C18H21N3O4S/c1-25-11-3-10-20(13-14-6-8-19-9-7-14)18(22)16-12-15(26-2)4-5-17(16)21(23)24/h4-9,12H,3,10-11,13H2,1-2H3. The van der Waals surface area contributed by atoms with Gasteiger partial charge in [0, 0.05) is 50.2 Å². The zero-order valence-corrected chi connectivity index (χ0v) is 15.6. The van der Waals surface area contributed by atoms with E-state index in [2.05, 4.69) is 4.98 Å². The molecular formula is C18H21N3O4S. The van der Waals surface area contributed by atoms with Gasteiger partial charge in [-0.05, 0) is 42.5 Å². The fourth-order valence-electron chi connectivity index (χ4n) is 2.50. The molecule has 0 atom stereocenters. The molecule has 1 aromatic heterocycles. The molecule has 1 heterocycles. The zero-order valence-electron chi connectivity index (χ0n) is 14.8. The number of pyridine rings is 1. The summed E-state index contributed by atoms with van der Waals surface area (Å²) in [6.07, 6.45) is 5.82. The number of nitro groups is 1. The molecule has 2 rings (SSSR count). The zero-order chi connectivity index (χ0) is 18.9. The van der Waals surface area contributed by atoms with Gasteiger partial charge in [0.1, 0.15) is 5.56 Å². The van der Waals surface area contributed by atoms with Gasteiger partial charge >= 0.3 is 0 Å². The highest BCUT2D eigenvalue weighted by Crippen LogP contribution is 2.26. The first kappa shape index (κ1) is 19.9. The van der Waals surface area contributed by atoms with E-state index in [4.69, 9.17) is 4.74 Å². The smallest absolute Gasteiger partial charge is 0.282 e. The van der Waals surface area contributed by atoms with Crippen LogP contribution in [-0.4, -0.2) is 47.2 Å². The number of thioether (sulfide) groups is 1. The lowest BCUT2D eigenvalue weighted by molar-refractivity contribution is -0.385. The minimum absolute atomic E-state index is 0.105. The van der Waals surface area contributed by atoms with E-state index >= 15 is 0 Å². The Labute approximate surface area is 156 Å². The second-order valence-corrected chi connectivity index (χ2v) is 6.45. The van der Waals surface area contributed by atoms with Crippen molar-refractivity contribution in [3.8, 4) is 0 Å². The number of benzene rings is 1. The lowest BCUT2D eigenvalue weighted by Crippen LogP contribution is -2.32. The third-order valence-electron chi connectivity index (χ3n) is 3.82. The van der Waals surface area contributed by atoms with Crippen LogP contribution in [0.1, 0.15) is 22.3 Å².